The van der Waals surface area contributed by atoms with Crippen molar-refractivity contribution in [3.8, 4) is 5.75 Å². The smallest absolute Gasteiger partial charge is 0.316 e. The molecule has 4 nitrogen and oxygen atoms in total. The highest BCUT2D eigenvalue weighted by Crippen LogP contribution is 2.44. The van der Waals surface area contributed by atoms with Crippen LogP contribution in [0.2, 0.25) is 0 Å². The summed E-state index contributed by atoms with van der Waals surface area (Å²) in [5.41, 5.74) is 1.52. The Hall–Kier alpha value is -1.55. The van der Waals surface area contributed by atoms with Crippen LogP contribution in [0.1, 0.15) is 24.0 Å². The van der Waals surface area contributed by atoms with Gasteiger partial charge in [0.1, 0.15) is 5.75 Å². The maximum absolute atomic E-state index is 12.2. The lowest BCUT2D eigenvalue weighted by atomic mass is 9.64. The minimum atomic E-state index is -0.572. The van der Waals surface area contributed by atoms with Gasteiger partial charge in [-0.15, -0.1) is 0 Å². The summed E-state index contributed by atoms with van der Waals surface area (Å²) >= 11 is 0. The minimum absolute atomic E-state index is 0.180. The normalized spacial score (nSPS) is 29.5. The number of nitrogens with one attached hydrogen (secondary N) is 1. The van der Waals surface area contributed by atoms with Gasteiger partial charge in [0.2, 0.25) is 0 Å². The molecule has 3 rings (SSSR count). The van der Waals surface area contributed by atoms with Crippen molar-refractivity contribution in [2.24, 2.45) is 0 Å². The number of hydrogen-bond donors (Lipinski definition) is 2. The van der Waals surface area contributed by atoms with Gasteiger partial charge in [0.05, 0.1) is 12.5 Å². The Kier molecular flexibility index (Phi) is 2.55. The van der Waals surface area contributed by atoms with Gasteiger partial charge in [-0.25, -0.2) is 0 Å². The number of ether oxygens (including phenoxy) is 1. The molecule has 1 heterocycles. The standard InChI is InChI=1S/C14H17NO3/c1-18-13(17)14-4-5-15-10(8-14)6-9-2-3-11(16)7-12(9)14/h2-3,7,10,15-16H,4-6,8H2,1H3. The molecule has 1 aliphatic heterocycles. The third-order valence-electron chi connectivity index (χ3n) is 4.23. The van der Waals surface area contributed by atoms with Crippen LogP contribution >= 0.6 is 0 Å². The lowest BCUT2D eigenvalue weighted by molar-refractivity contribution is -0.149. The van der Waals surface area contributed by atoms with Crippen molar-refractivity contribution in [3.05, 3.63) is 29.3 Å². The van der Waals surface area contributed by atoms with Crippen LogP contribution in [-0.2, 0) is 21.4 Å². The molecule has 1 saturated heterocycles. The summed E-state index contributed by atoms with van der Waals surface area (Å²) in [6.07, 6.45) is 2.40. The number of hydrogen-bond acceptors (Lipinski definition) is 4. The van der Waals surface area contributed by atoms with Crippen molar-refractivity contribution in [3.63, 3.8) is 0 Å². The highest BCUT2D eigenvalue weighted by atomic mass is 16.5. The SMILES string of the molecule is COC(=O)C12CCNC(Cc3ccc(O)cc31)C2. The van der Waals surface area contributed by atoms with Gasteiger partial charge in [-0.05, 0) is 49.1 Å². The molecule has 0 amide bonds. The quantitative estimate of drug-likeness (QED) is 0.730. The molecule has 96 valence electrons. The van der Waals surface area contributed by atoms with E-state index >= 15 is 0 Å². The predicted octanol–water partition coefficient (Wildman–Crippen LogP) is 1.11. The average molecular weight is 247 g/mol. The van der Waals surface area contributed by atoms with Crippen molar-refractivity contribution in [2.75, 3.05) is 13.7 Å². The molecular formula is C14H17NO3. The fourth-order valence-electron chi connectivity index (χ4n) is 3.42. The van der Waals surface area contributed by atoms with E-state index in [0.29, 0.717) is 6.04 Å². The second kappa shape index (κ2) is 3.99. The molecule has 1 aromatic rings. The second-order valence-corrected chi connectivity index (χ2v) is 5.22. The monoisotopic (exact) mass is 247 g/mol. The fraction of sp³-hybridized carbons (Fsp3) is 0.500. The molecule has 4 heteroatoms. The zero-order valence-corrected chi connectivity index (χ0v) is 10.4. The third-order valence-corrected chi connectivity index (χ3v) is 4.23. The molecule has 2 atom stereocenters. The van der Waals surface area contributed by atoms with Crippen LogP contribution < -0.4 is 5.32 Å². The third kappa shape index (κ3) is 1.52. The number of aromatic hydroxyl groups is 1. The molecular weight excluding hydrogens is 230 g/mol. The Morgan fingerprint density at radius 1 is 1.56 bits per heavy atom. The van der Waals surface area contributed by atoms with Gasteiger partial charge in [-0.1, -0.05) is 6.07 Å². The van der Waals surface area contributed by atoms with Crippen molar-refractivity contribution in [2.45, 2.75) is 30.7 Å². The number of benzene rings is 1. The van der Waals surface area contributed by atoms with Crippen LogP contribution in [0, 0.1) is 0 Å². The maximum atomic E-state index is 12.2. The number of fused-ring (bicyclic) bond motifs is 4. The largest absolute Gasteiger partial charge is 0.508 e. The number of piperidine rings is 1. The van der Waals surface area contributed by atoms with Crippen LogP contribution in [0.3, 0.4) is 0 Å². The van der Waals surface area contributed by atoms with Gasteiger partial charge in [-0.2, -0.15) is 0 Å². The molecule has 0 spiro atoms. The van der Waals surface area contributed by atoms with Crippen LogP contribution in [0.4, 0.5) is 0 Å². The Morgan fingerprint density at radius 2 is 2.39 bits per heavy atom. The molecule has 18 heavy (non-hydrogen) atoms. The summed E-state index contributed by atoms with van der Waals surface area (Å²) in [5.74, 6) is 0.0366. The number of phenolic OH excluding ortho intramolecular Hbond substituents is 1. The van der Waals surface area contributed by atoms with Crippen LogP contribution in [0.5, 0.6) is 5.75 Å². The van der Waals surface area contributed by atoms with Gasteiger partial charge < -0.3 is 15.2 Å². The van der Waals surface area contributed by atoms with E-state index in [1.807, 2.05) is 6.07 Å². The molecule has 2 unspecified atom stereocenters. The number of carbonyl (C=O) groups is 1. The summed E-state index contributed by atoms with van der Waals surface area (Å²) in [4.78, 5) is 12.2. The van der Waals surface area contributed by atoms with E-state index in [1.165, 1.54) is 7.11 Å². The van der Waals surface area contributed by atoms with Crippen molar-refractivity contribution in [1.82, 2.24) is 5.32 Å². The molecule has 2 aliphatic rings. The van der Waals surface area contributed by atoms with E-state index in [1.54, 1.807) is 12.1 Å². The van der Waals surface area contributed by atoms with Gasteiger partial charge in [0, 0.05) is 6.04 Å². The van der Waals surface area contributed by atoms with Crippen molar-refractivity contribution >= 4 is 5.97 Å². The molecule has 1 aliphatic carbocycles. The maximum Gasteiger partial charge on any atom is 0.316 e. The van der Waals surface area contributed by atoms with Gasteiger partial charge in [0.15, 0.2) is 0 Å². The first-order valence-corrected chi connectivity index (χ1v) is 6.30. The summed E-state index contributed by atoms with van der Waals surface area (Å²) in [7, 11) is 1.44. The first-order chi connectivity index (χ1) is 8.65. The molecule has 2 N–H and O–H groups in total. The Balaban J connectivity index is 2.17. The lowest BCUT2D eigenvalue weighted by Crippen LogP contribution is -2.54. The molecule has 0 radical (unpaired) electrons. The number of phenols is 1. The van der Waals surface area contributed by atoms with E-state index in [9.17, 15) is 9.90 Å². The lowest BCUT2D eigenvalue weighted by Gasteiger charge is -2.44. The Labute approximate surface area is 106 Å². The summed E-state index contributed by atoms with van der Waals surface area (Å²) in [6, 6.07) is 5.66. The Morgan fingerprint density at radius 3 is 3.17 bits per heavy atom. The topological polar surface area (TPSA) is 58.6 Å². The number of rotatable bonds is 1. The van der Waals surface area contributed by atoms with Gasteiger partial charge in [0.25, 0.3) is 0 Å². The molecule has 2 bridgehead atoms. The minimum Gasteiger partial charge on any atom is -0.508 e. The molecule has 1 fully saturated rings. The highest BCUT2D eigenvalue weighted by molar-refractivity contribution is 5.84. The number of methoxy groups -OCH3 is 1. The summed E-state index contributed by atoms with van der Waals surface area (Å²) < 4.78 is 5.01. The summed E-state index contributed by atoms with van der Waals surface area (Å²) in [5, 5.41) is 13.1. The Bertz CT molecular complexity index is 500. The number of carbonyl (C=O) groups excluding carboxylic acids is 1. The van der Waals surface area contributed by atoms with Crippen LogP contribution in [-0.4, -0.2) is 30.8 Å². The van der Waals surface area contributed by atoms with E-state index in [0.717, 1.165) is 36.9 Å². The second-order valence-electron chi connectivity index (χ2n) is 5.22. The van der Waals surface area contributed by atoms with Crippen LogP contribution in [0.15, 0.2) is 18.2 Å². The molecule has 0 aromatic heterocycles. The van der Waals surface area contributed by atoms with E-state index in [4.69, 9.17) is 4.74 Å². The van der Waals surface area contributed by atoms with E-state index in [2.05, 4.69) is 5.32 Å². The zero-order valence-electron chi connectivity index (χ0n) is 10.4. The van der Waals surface area contributed by atoms with Gasteiger partial charge >= 0.3 is 5.97 Å². The predicted molar refractivity (Wildman–Crippen MR) is 66.5 cm³/mol. The number of esters is 1. The fourth-order valence-corrected chi connectivity index (χ4v) is 3.42. The van der Waals surface area contributed by atoms with Crippen molar-refractivity contribution in [1.29, 1.82) is 0 Å². The van der Waals surface area contributed by atoms with Gasteiger partial charge in [-0.3, -0.25) is 4.79 Å². The first kappa shape index (κ1) is 11.5. The first-order valence-electron chi connectivity index (χ1n) is 6.30. The average Bonchev–Trinajstić information content (AvgIpc) is 2.39. The van der Waals surface area contributed by atoms with Crippen molar-refractivity contribution < 1.29 is 14.6 Å². The van der Waals surface area contributed by atoms with Crippen LogP contribution in [0.25, 0.3) is 0 Å². The summed E-state index contributed by atoms with van der Waals surface area (Å²) in [6.45, 7) is 0.814. The highest BCUT2D eigenvalue weighted by Gasteiger charge is 2.49. The zero-order chi connectivity index (χ0) is 12.8. The van der Waals surface area contributed by atoms with E-state index < -0.39 is 5.41 Å². The molecule has 1 aromatic carbocycles. The molecule has 0 saturated carbocycles. The van der Waals surface area contributed by atoms with E-state index in [-0.39, 0.29) is 11.7 Å².